The van der Waals surface area contributed by atoms with Crippen LogP contribution < -0.4 is 5.32 Å². The fraction of sp³-hybridized carbons (Fsp3) is 0.385. The first kappa shape index (κ1) is 14.9. The van der Waals surface area contributed by atoms with Gasteiger partial charge in [0.1, 0.15) is 5.82 Å². The Morgan fingerprint density at radius 3 is 2.65 bits per heavy atom. The summed E-state index contributed by atoms with van der Waals surface area (Å²) in [5, 5.41) is 11.7. The van der Waals surface area contributed by atoms with Crippen molar-refractivity contribution in [2.75, 3.05) is 18.4 Å². The molecule has 0 saturated carbocycles. The summed E-state index contributed by atoms with van der Waals surface area (Å²) in [6.45, 7) is 0.690. The normalized spacial score (nSPS) is 16.1. The van der Waals surface area contributed by atoms with Crippen molar-refractivity contribution in [2.24, 2.45) is 0 Å². The highest BCUT2D eigenvalue weighted by atomic mass is 79.9. The van der Waals surface area contributed by atoms with Crippen molar-refractivity contribution in [2.45, 2.75) is 18.9 Å². The lowest BCUT2D eigenvalue weighted by atomic mass is 10.1. The third-order valence-corrected chi connectivity index (χ3v) is 3.81. The summed E-state index contributed by atoms with van der Waals surface area (Å²) in [6.07, 6.45) is 0.505. The average molecular weight is 345 g/mol. The molecule has 0 radical (unpaired) electrons. The summed E-state index contributed by atoms with van der Waals surface area (Å²) in [6, 6.07) is 3.83. The molecule has 1 aromatic carbocycles. The number of hydrogen-bond donors (Lipinski definition) is 2. The number of hydrogen-bond acceptors (Lipinski definition) is 3. The van der Waals surface area contributed by atoms with Gasteiger partial charge in [-0.1, -0.05) is 0 Å². The Bertz CT molecular complexity index is 530. The van der Waals surface area contributed by atoms with E-state index in [9.17, 15) is 19.1 Å². The number of carbonyl (C=O) groups excluding carboxylic acids is 2. The minimum absolute atomic E-state index is 0.209. The van der Waals surface area contributed by atoms with Crippen LogP contribution in [0.15, 0.2) is 22.7 Å². The number of carbonyl (C=O) groups is 2. The maximum Gasteiger partial charge on any atom is 0.313 e. The van der Waals surface area contributed by atoms with Gasteiger partial charge in [-0.3, -0.25) is 9.59 Å². The Hall–Kier alpha value is -1.47. The molecule has 7 heteroatoms. The zero-order valence-electron chi connectivity index (χ0n) is 10.6. The van der Waals surface area contributed by atoms with Crippen LogP contribution in [0, 0.1) is 5.82 Å². The van der Waals surface area contributed by atoms with Crippen LogP contribution in [-0.4, -0.2) is 41.0 Å². The van der Waals surface area contributed by atoms with E-state index in [4.69, 9.17) is 0 Å². The fourth-order valence-corrected chi connectivity index (χ4v) is 2.33. The monoisotopic (exact) mass is 344 g/mol. The summed E-state index contributed by atoms with van der Waals surface area (Å²) in [7, 11) is 0. The molecule has 1 fully saturated rings. The zero-order chi connectivity index (χ0) is 14.7. The van der Waals surface area contributed by atoms with Gasteiger partial charge < -0.3 is 15.3 Å². The van der Waals surface area contributed by atoms with Crippen LogP contribution in [0.2, 0.25) is 0 Å². The molecule has 0 spiro atoms. The number of piperidine rings is 1. The molecule has 2 N–H and O–H groups in total. The van der Waals surface area contributed by atoms with Crippen LogP contribution in [0.4, 0.5) is 10.1 Å². The van der Waals surface area contributed by atoms with E-state index in [1.165, 1.54) is 17.0 Å². The molecule has 0 aromatic heterocycles. The van der Waals surface area contributed by atoms with Gasteiger partial charge >= 0.3 is 11.8 Å². The predicted octanol–water partition coefficient (Wildman–Crippen LogP) is 1.51. The van der Waals surface area contributed by atoms with Crippen molar-refractivity contribution in [1.82, 2.24) is 4.90 Å². The van der Waals surface area contributed by atoms with E-state index in [0.29, 0.717) is 30.4 Å². The summed E-state index contributed by atoms with van der Waals surface area (Å²) in [5.41, 5.74) is 0.209. The van der Waals surface area contributed by atoms with E-state index in [-0.39, 0.29) is 5.69 Å². The van der Waals surface area contributed by atoms with E-state index in [1.807, 2.05) is 0 Å². The van der Waals surface area contributed by atoms with Gasteiger partial charge in [0.2, 0.25) is 0 Å². The highest BCUT2D eigenvalue weighted by Gasteiger charge is 2.26. The van der Waals surface area contributed by atoms with Crippen LogP contribution >= 0.6 is 15.9 Å². The van der Waals surface area contributed by atoms with Crippen molar-refractivity contribution >= 4 is 33.4 Å². The number of nitrogens with zero attached hydrogens (tertiary/aromatic N) is 1. The Balaban J connectivity index is 2.01. The number of halogens is 2. The first-order valence-electron chi connectivity index (χ1n) is 6.21. The number of rotatable bonds is 1. The SMILES string of the molecule is O=C(Nc1cc(F)ccc1Br)C(=O)N1CCC(O)CC1. The fourth-order valence-electron chi connectivity index (χ4n) is 1.98. The largest absolute Gasteiger partial charge is 0.393 e. The molecule has 0 bridgehead atoms. The number of anilines is 1. The minimum Gasteiger partial charge on any atom is -0.393 e. The molecule has 1 heterocycles. The van der Waals surface area contributed by atoms with E-state index >= 15 is 0 Å². The van der Waals surface area contributed by atoms with Crippen molar-refractivity contribution in [3.63, 3.8) is 0 Å². The number of aliphatic hydroxyl groups excluding tert-OH is 1. The maximum atomic E-state index is 13.1. The number of likely N-dealkylation sites (tertiary alicyclic amines) is 1. The average Bonchev–Trinajstić information content (AvgIpc) is 2.43. The van der Waals surface area contributed by atoms with Gasteiger partial charge in [0.05, 0.1) is 11.8 Å². The third-order valence-electron chi connectivity index (χ3n) is 3.12. The van der Waals surface area contributed by atoms with Crippen LogP contribution in [0.3, 0.4) is 0 Å². The molecule has 5 nitrogen and oxygen atoms in total. The van der Waals surface area contributed by atoms with Crippen molar-refractivity contribution in [3.05, 3.63) is 28.5 Å². The highest BCUT2D eigenvalue weighted by molar-refractivity contribution is 9.10. The third kappa shape index (κ3) is 3.55. The Morgan fingerprint density at radius 2 is 2.00 bits per heavy atom. The van der Waals surface area contributed by atoms with E-state index in [1.54, 1.807) is 0 Å². The van der Waals surface area contributed by atoms with E-state index in [2.05, 4.69) is 21.2 Å². The molecule has 108 valence electrons. The molecule has 2 amide bonds. The molecule has 1 aliphatic rings. The van der Waals surface area contributed by atoms with Gasteiger partial charge in [0, 0.05) is 17.6 Å². The molecule has 0 aliphatic carbocycles. The quantitative estimate of drug-likeness (QED) is 0.758. The van der Waals surface area contributed by atoms with Gasteiger partial charge in [-0.25, -0.2) is 4.39 Å². The smallest absolute Gasteiger partial charge is 0.313 e. The maximum absolute atomic E-state index is 13.1. The number of nitrogens with one attached hydrogen (secondary N) is 1. The second kappa shape index (κ2) is 6.32. The molecule has 1 aliphatic heterocycles. The van der Waals surface area contributed by atoms with E-state index in [0.717, 1.165) is 6.07 Å². The van der Waals surface area contributed by atoms with Crippen LogP contribution in [0.5, 0.6) is 0 Å². The van der Waals surface area contributed by atoms with Gasteiger partial charge in [-0.2, -0.15) is 0 Å². The molecular weight excluding hydrogens is 331 g/mol. The number of aliphatic hydroxyl groups is 1. The summed E-state index contributed by atoms with van der Waals surface area (Å²) < 4.78 is 13.6. The number of amides is 2. The lowest BCUT2D eigenvalue weighted by Crippen LogP contribution is -2.45. The Kier molecular flexibility index (Phi) is 4.72. The first-order chi connectivity index (χ1) is 9.47. The molecule has 20 heavy (non-hydrogen) atoms. The lowest BCUT2D eigenvalue weighted by molar-refractivity contribution is -0.144. The Morgan fingerprint density at radius 1 is 1.35 bits per heavy atom. The van der Waals surface area contributed by atoms with Crippen molar-refractivity contribution in [3.8, 4) is 0 Å². The molecule has 1 aromatic rings. The van der Waals surface area contributed by atoms with Crippen molar-refractivity contribution < 1.29 is 19.1 Å². The van der Waals surface area contributed by atoms with Gasteiger partial charge in [0.25, 0.3) is 0 Å². The second-order valence-corrected chi connectivity index (χ2v) is 5.46. The molecule has 1 saturated heterocycles. The van der Waals surface area contributed by atoms with Gasteiger partial charge in [0.15, 0.2) is 0 Å². The highest BCUT2D eigenvalue weighted by Crippen LogP contribution is 2.23. The lowest BCUT2D eigenvalue weighted by Gasteiger charge is -2.28. The molecule has 2 rings (SSSR count). The summed E-state index contributed by atoms with van der Waals surface area (Å²) in [4.78, 5) is 25.2. The van der Waals surface area contributed by atoms with Crippen molar-refractivity contribution in [1.29, 1.82) is 0 Å². The number of benzene rings is 1. The second-order valence-electron chi connectivity index (χ2n) is 4.60. The predicted molar refractivity (Wildman–Crippen MR) is 74.6 cm³/mol. The minimum atomic E-state index is -0.812. The standard InChI is InChI=1S/C13H14BrFN2O3/c14-10-2-1-8(15)7-11(10)16-12(19)13(20)17-5-3-9(18)4-6-17/h1-2,7,9,18H,3-6H2,(H,16,19). The molecular formula is C13H14BrFN2O3. The Labute approximate surface area is 123 Å². The summed E-state index contributed by atoms with van der Waals surface area (Å²) in [5.74, 6) is -1.99. The summed E-state index contributed by atoms with van der Waals surface area (Å²) >= 11 is 3.17. The van der Waals surface area contributed by atoms with Crippen LogP contribution in [0.1, 0.15) is 12.8 Å². The van der Waals surface area contributed by atoms with Crippen LogP contribution in [-0.2, 0) is 9.59 Å². The molecule has 0 unspecified atom stereocenters. The van der Waals surface area contributed by atoms with Gasteiger partial charge in [-0.05, 0) is 47.0 Å². The molecule has 0 atom stereocenters. The zero-order valence-corrected chi connectivity index (χ0v) is 12.2. The van der Waals surface area contributed by atoms with E-state index < -0.39 is 23.7 Å². The van der Waals surface area contributed by atoms with Crippen LogP contribution in [0.25, 0.3) is 0 Å². The first-order valence-corrected chi connectivity index (χ1v) is 7.00. The topological polar surface area (TPSA) is 69.6 Å². The van der Waals surface area contributed by atoms with Gasteiger partial charge in [-0.15, -0.1) is 0 Å².